The van der Waals surface area contributed by atoms with Gasteiger partial charge in [0.05, 0.1) is 25.4 Å². The first-order valence-electron chi connectivity index (χ1n) is 37.9. The number of hydrogen-bond donors (Lipinski definition) is 3. The van der Waals surface area contributed by atoms with Crippen LogP contribution in [0.1, 0.15) is 412 Å². The zero-order valence-electron chi connectivity index (χ0n) is 56.6. The molecule has 0 heterocycles. The summed E-state index contributed by atoms with van der Waals surface area (Å²) in [7, 11) is 0. The average molecular weight is 1180 g/mol. The van der Waals surface area contributed by atoms with Gasteiger partial charge in [-0.15, -0.1) is 0 Å². The van der Waals surface area contributed by atoms with Crippen molar-refractivity contribution in [3.05, 3.63) is 48.6 Å². The highest BCUT2D eigenvalue weighted by molar-refractivity contribution is 5.76. The van der Waals surface area contributed by atoms with Crippen LogP contribution in [0.4, 0.5) is 0 Å². The third-order valence-corrected chi connectivity index (χ3v) is 17.6. The summed E-state index contributed by atoms with van der Waals surface area (Å²) >= 11 is 0. The lowest BCUT2D eigenvalue weighted by Crippen LogP contribution is -2.45. The topological polar surface area (TPSA) is 95.9 Å². The van der Waals surface area contributed by atoms with E-state index in [1.54, 1.807) is 6.08 Å². The predicted octanol–water partition coefficient (Wildman–Crippen LogP) is 24.8. The van der Waals surface area contributed by atoms with Crippen molar-refractivity contribution in [1.29, 1.82) is 0 Å². The van der Waals surface area contributed by atoms with Crippen molar-refractivity contribution in [2.24, 2.45) is 0 Å². The Bertz CT molecular complexity index is 1400. The van der Waals surface area contributed by atoms with Crippen molar-refractivity contribution in [3.8, 4) is 0 Å². The van der Waals surface area contributed by atoms with Crippen molar-refractivity contribution < 1.29 is 24.5 Å². The van der Waals surface area contributed by atoms with Gasteiger partial charge < -0.3 is 20.3 Å². The summed E-state index contributed by atoms with van der Waals surface area (Å²) < 4.78 is 5.49. The van der Waals surface area contributed by atoms with Crippen LogP contribution in [-0.4, -0.2) is 47.4 Å². The highest BCUT2D eigenvalue weighted by Crippen LogP contribution is 2.19. The zero-order valence-corrected chi connectivity index (χ0v) is 56.6. The van der Waals surface area contributed by atoms with Crippen LogP contribution in [0.2, 0.25) is 0 Å². The predicted molar refractivity (Wildman–Crippen MR) is 370 cm³/mol. The molecule has 494 valence electrons. The van der Waals surface area contributed by atoms with Crippen LogP contribution in [-0.2, 0) is 14.3 Å². The fourth-order valence-corrected chi connectivity index (χ4v) is 11.8. The number of esters is 1. The maximum absolute atomic E-state index is 12.5. The Morgan fingerprint density at radius 1 is 0.333 bits per heavy atom. The lowest BCUT2D eigenvalue weighted by Gasteiger charge is -2.20. The number of carbonyl (C=O) groups is 2. The normalized spacial score (nSPS) is 12.8. The molecule has 2 atom stereocenters. The Morgan fingerprint density at radius 3 is 0.917 bits per heavy atom. The summed E-state index contributed by atoms with van der Waals surface area (Å²) in [4.78, 5) is 24.6. The standard InChI is InChI=1S/C78H147NO5/c1-3-5-7-9-11-13-15-17-19-43-46-50-54-58-62-66-70-76(81)75(74-80)79-77(82)71-67-63-59-55-51-47-44-41-39-37-35-33-31-29-27-25-23-21-20-22-24-26-28-30-32-34-36-38-40-42-45-49-53-57-61-65-69-73-84-78(83)72-68-64-60-56-52-48-18-16-14-12-10-8-6-4-2/h16,18,20,22,26,28,66,70,75-76,80-81H,3-15,17,19,21,23-25,27,29-65,67-69,71-74H2,1-2H3,(H,79,82)/b18-16-,22-20-,28-26-,70-66+. The van der Waals surface area contributed by atoms with E-state index in [0.29, 0.717) is 19.4 Å². The molecule has 2 unspecified atom stereocenters. The van der Waals surface area contributed by atoms with Gasteiger partial charge in [0.1, 0.15) is 0 Å². The Morgan fingerprint density at radius 2 is 0.595 bits per heavy atom. The molecule has 6 nitrogen and oxygen atoms in total. The Labute approximate surface area is 525 Å². The van der Waals surface area contributed by atoms with Crippen molar-refractivity contribution in [2.75, 3.05) is 13.2 Å². The van der Waals surface area contributed by atoms with E-state index < -0.39 is 12.1 Å². The molecular formula is C78H147NO5. The van der Waals surface area contributed by atoms with Gasteiger partial charge in [0.15, 0.2) is 0 Å². The minimum absolute atomic E-state index is 0.0102. The Balaban J connectivity index is 3.38. The third-order valence-electron chi connectivity index (χ3n) is 17.6. The fraction of sp³-hybridized carbons (Fsp3) is 0.872. The van der Waals surface area contributed by atoms with Crippen LogP contribution in [0.5, 0.6) is 0 Å². The molecule has 0 aromatic carbocycles. The van der Waals surface area contributed by atoms with Gasteiger partial charge in [-0.25, -0.2) is 0 Å². The summed E-state index contributed by atoms with van der Waals surface area (Å²) in [6, 6.07) is -0.626. The van der Waals surface area contributed by atoms with E-state index in [1.165, 1.54) is 334 Å². The molecule has 0 aliphatic carbocycles. The first kappa shape index (κ1) is 81.8. The molecule has 0 saturated heterocycles. The molecule has 0 aromatic rings. The van der Waals surface area contributed by atoms with Gasteiger partial charge in [-0.1, -0.05) is 358 Å². The molecule has 84 heavy (non-hydrogen) atoms. The van der Waals surface area contributed by atoms with Gasteiger partial charge in [-0.2, -0.15) is 0 Å². The van der Waals surface area contributed by atoms with Gasteiger partial charge in [0, 0.05) is 12.8 Å². The number of amides is 1. The summed E-state index contributed by atoms with van der Waals surface area (Å²) in [5, 5.41) is 23.2. The smallest absolute Gasteiger partial charge is 0.305 e. The van der Waals surface area contributed by atoms with Gasteiger partial charge >= 0.3 is 5.97 Å². The van der Waals surface area contributed by atoms with E-state index in [9.17, 15) is 19.8 Å². The maximum Gasteiger partial charge on any atom is 0.305 e. The summed E-state index contributed by atoms with van der Waals surface area (Å²) in [6.45, 7) is 4.92. The first-order valence-corrected chi connectivity index (χ1v) is 37.9. The summed E-state index contributed by atoms with van der Waals surface area (Å²) in [5.41, 5.74) is 0. The van der Waals surface area contributed by atoms with Gasteiger partial charge in [-0.05, 0) is 89.9 Å². The third kappa shape index (κ3) is 68.9. The summed E-state index contributed by atoms with van der Waals surface area (Å²) in [5.74, 6) is -0.0525. The maximum atomic E-state index is 12.5. The van der Waals surface area contributed by atoms with Crippen molar-refractivity contribution in [3.63, 3.8) is 0 Å². The van der Waals surface area contributed by atoms with E-state index in [-0.39, 0.29) is 18.5 Å². The van der Waals surface area contributed by atoms with Crippen LogP contribution in [0, 0.1) is 0 Å². The number of aliphatic hydroxyl groups is 2. The van der Waals surface area contributed by atoms with Crippen LogP contribution < -0.4 is 5.32 Å². The SMILES string of the molecule is CCCCCCC/C=C\CCCCCCCC(=O)OCCCCCCCCCCCCCCC/C=C\C/C=C\CCCCCCCCCCCCCCCCCCCC(=O)NC(CO)C(O)/C=C/CCCCCCCCCCCCCCCC. The number of rotatable bonds is 71. The lowest BCUT2D eigenvalue weighted by atomic mass is 10.0. The molecule has 0 saturated carbocycles. The Hall–Kier alpha value is -2.18. The van der Waals surface area contributed by atoms with Crippen LogP contribution >= 0.6 is 0 Å². The molecule has 0 aliphatic rings. The van der Waals surface area contributed by atoms with E-state index >= 15 is 0 Å². The molecule has 0 radical (unpaired) electrons. The van der Waals surface area contributed by atoms with Crippen molar-refractivity contribution in [2.45, 2.75) is 424 Å². The van der Waals surface area contributed by atoms with Gasteiger partial charge in [-0.3, -0.25) is 9.59 Å². The van der Waals surface area contributed by atoms with Gasteiger partial charge in [0.2, 0.25) is 5.91 Å². The van der Waals surface area contributed by atoms with Crippen LogP contribution in [0.15, 0.2) is 48.6 Å². The van der Waals surface area contributed by atoms with Crippen molar-refractivity contribution in [1.82, 2.24) is 5.32 Å². The monoisotopic (exact) mass is 1180 g/mol. The quantitative estimate of drug-likeness (QED) is 0.0320. The molecule has 1 amide bonds. The molecule has 3 N–H and O–H groups in total. The van der Waals surface area contributed by atoms with E-state index in [4.69, 9.17) is 4.74 Å². The highest BCUT2D eigenvalue weighted by atomic mass is 16.5. The highest BCUT2D eigenvalue weighted by Gasteiger charge is 2.18. The summed E-state index contributed by atoms with van der Waals surface area (Å²) in [6.07, 6.45) is 96.5. The average Bonchev–Trinajstić information content (AvgIpc) is 3.51. The number of aliphatic hydroxyl groups excluding tert-OH is 2. The fourth-order valence-electron chi connectivity index (χ4n) is 11.8. The minimum Gasteiger partial charge on any atom is -0.466 e. The Kier molecular flexibility index (Phi) is 71.4. The van der Waals surface area contributed by atoms with Crippen LogP contribution in [0.25, 0.3) is 0 Å². The second-order valence-electron chi connectivity index (χ2n) is 26.0. The largest absolute Gasteiger partial charge is 0.466 e. The van der Waals surface area contributed by atoms with Crippen molar-refractivity contribution >= 4 is 11.9 Å². The minimum atomic E-state index is -0.843. The van der Waals surface area contributed by atoms with Gasteiger partial charge in [0.25, 0.3) is 0 Å². The second kappa shape index (κ2) is 73.3. The first-order chi connectivity index (χ1) is 41.5. The number of ether oxygens (including phenoxy) is 1. The number of hydrogen-bond acceptors (Lipinski definition) is 5. The molecule has 0 rings (SSSR count). The zero-order chi connectivity index (χ0) is 60.6. The molecule has 0 spiro atoms. The molecule has 0 aliphatic heterocycles. The lowest BCUT2D eigenvalue weighted by molar-refractivity contribution is -0.143. The number of nitrogens with one attached hydrogen (secondary N) is 1. The van der Waals surface area contributed by atoms with E-state index in [2.05, 4.69) is 55.6 Å². The molecule has 6 heteroatoms. The molecular weight excluding hydrogens is 1030 g/mol. The number of unbranched alkanes of at least 4 members (excludes halogenated alkanes) is 54. The second-order valence-corrected chi connectivity index (χ2v) is 26.0. The number of allylic oxidation sites excluding steroid dienone is 7. The van der Waals surface area contributed by atoms with E-state index in [0.717, 1.165) is 51.4 Å². The molecule has 0 fully saturated rings. The number of carbonyl (C=O) groups excluding carboxylic acids is 2. The molecule has 0 aromatic heterocycles. The van der Waals surface area contributed by atoms with E-state index in [1.807, 2.05) is 6.08 Å². The van der Waals surface area contributed by atoms with Crippen LogP contribution in [0.3, 0.4) is 0 Å². The molecule has 0 bridgehead atoms.